The quantitative estimate of drug-likeness (QED) is 0.405. The van der Waals surface area contributed by atoms with Gasteiger partial charge in [0, 0.05) is 36.1 Å². The number of pyridine rings is 1. The molecule has 8 nitrogen and oxygen atoms in total. The first-order valence-electron chi connectivity index (χ1n) is 10.7. The summed E-state index contributed by atoms with van der Waals surface area (Å²) in [5, 5.41) is 7.55. The second-order valence-corrected chi connectivity index (χ2v) is 8.67. The molecular formula is C22H26N8S. The average molecular weight is 435 g/mol. The number of nitrogens with two attached hydrogens (primary N) is 2. The molecule has 4 aromatic rings. The molecule has 0 amide bonds. The molecule has 0 aromatic carbocycles. The molecule has 160 valence electrons. The van der Waals surface area contributed by atoms with Gasteiger partial charge in [0.1, 0.15) is 5.82 Å². The zero-order valence-electron chi connectivity index (χ0n) is 17.3. The first-order valence-corrected chi connectivity index (χ1v) is 11.6. The Balaban J connectivity index is 1.43. The fraction of sp³-hybridized carbons (Fsp3) is 0.364. The highest BCUT2D eigenvalue weighted by atomic mass is 32.1. The normalized spacial score (nSPS) is 14.5. The Morgan fingerprint density at radius 3 is 2.71 bits per heavy atom. The number of anilines is 2. The van der Waals surface area contributed by atoms with E-state index in [1.165, 1.54) is 12.8 Å². The van der Waals surface area contributed by atoms with Gasteiger partial charge in [0.05, 0.1) is 5.69 Å². The maximum Gasteiger partial charge on any atom is 0.224 e. The van der Waals surface area contributed by atoms with Gasteiger partial charge in [-0.05, 0) is 42.5 Å². The molecule has 4 aromatic heterocycles. The Hall–Kier alpha value is -3.04. The molecule has 5 rings (SSSR count). The molecule has 5 N–H and O–H groups in total. The Bertz CT molecular complexity index is 1160. The van der Waals surface area contributed by atoms with E-state index >= 15 is 0 Å². The van der Waals surface area contributed by atoms with Crippen LogP contribution >= 0.6 is 11.3 Å². The number of aromatic nitrogens is 5. The van der Waals surface area contributed by atoms with Crippen LogP contribution in [-0.2, 0) is 13.0 Å². The summed E-state index contributed by atoms with van der Waals surface area (Å²) in [4.78, 5) is 18.5. The second-order valence-electron chi connectivity index (χ2n) is 7.89. The first kappa shape index (κ1) is 19.9. The van der Waals surface area contributed by atoms with E-state index in [0.29, 0.717) is 31.4 Å². The lowest BCUT2D eigenvalue weighted by Crippen LogP contribution is -2.14. The fourth-order valence-corrected chi connectivity index (χ4v) is 4.96. The smallest absolute Gasteiger partial charge is 0.224 e. The summed E-state index contributed by atoms with van der Waals surface area (Å²) >= 11 is 1.67. The van der Waals surface area contributed by atoms with Crippen LogP contribution in [0.3, 0.4) is 0 Å². The summed E-state index contributed by atoms with van der Waals surface area (Å²) in [6.07, 6.45) is 7.33. The van der Waals surface area contributed by atoms with E-state index in [4.69, 9.17) is 16.5 Å². The largest absolute Gasteiger partial charge is 0.368 e. The molecule has 0 atom stereocenters. The predicted molar refractivity (Wildman–Crippen MR) is 125 cm³/mol. The van der Waals surface area contributed by atoms with E-state index in [2.05, 4.69) is 47.7 Å². The molecule has 0 saturated heterocycles. The molecule has 0 unspecified atom stereocenters. The summed E-state index contributed by atoms with van der Waals surface area (Å²) in [7, 11) is 0. The first-order chi connectivity index (χ1) is 15.2. The van der Waals surface area contributed by atoms with Crippen molar-refractivity contribution in [2.45, 2.75) is 44.7 Å². The zero-order chi connectivity index (χ0) is 21.2. The van der Waals surface area contributed by atoms with Gasteiger partial charge in [0.25, 0.3) is 0 Å². The Morgan fingerprint density at radius 1 is 1.13 bits per heavy atom. The molecule has 1 aliphatic carbocycles. The van der Waals surface area contributed by atoms with Crippen molar-refractivity contribution in [2.75, 3.05) is 17.6 Å². The maximum absolute atomic E-state index is 6.08. The summed E-state index contributed by atoms with van der Waals surface area (Å²) in [5.74, 6) is 1.87. The van der Waals surface area contributed by atoms with Crippen LogP contribution in [0.2, 0.25) is 0 Å². The number of nitrogens with one attached hydrogen (secondary N) is 1. The monoisotopic (exact) mass is 434 g/mol. The van der Waals surface area contributed by atoms with Crippen LogP contribution in [0.5, 0.6) is 0 Å². The van der Waals surface area contributed by atoms with Crippen LogP contribution < -0.4 is 16.8 Å². The summed E-state index contributed by atoms with van der Waals surface area (Å²) in [6, 6.07) is 6.59. The second kappa shape index (κ2) is 8.60. The van der Waals surface area contributed by atoms with Crippen LogP contribution in [0.4, 0.5) is 11.8 Å². The Labute approximate surface area is 184 Å². The third-order valence-corrected chi connectivity index (χ3v) is 6.47. The highest BCUT2D eigenvalue weighted by Gasteiger charge is 2.25. The molecule has 1 saturated carbocycles. The van der Waals surface area contributed by atoms with Gasteiger partial charge in [-0.2, -0.15) is 21.3 Å². The maximum atomic E-state index is 6.08. The summed E-state index contributed by atoms with van der Waals surface area (Å²) in [6.45, 7) is 1.12. The zero-order valence-corrected chi connectivity index (χ0v) is 18.1. The van der Waals surface area contributed by atoms with Crippen LogP contribution in [0.1, 0.15) is 43.1 Å². The van der Waals surface area contributed by atoms with Gasteiger partial charge in [-0.15, -0.1) is 0 Å². The number of nitrogen functional groups attached to an aromatic ring is 1. The van der Waals surface area contributed by atoms with Crippen molar-refractivity contribution in [1.29, 1.82) is 0 Å². The van der Waals surface area contributed by atoms with Gasteiger partial charge in [0.15, 0.2) is 17.0 Å². The van der Waals surface area contributed by atoms with Crippen LogP contribution in [-0.4, -0.2) is 31.0 Å². The van der Waals surface area contributed by atoms with Gasteiger partial charge in [-0.3, -0.25) is 4.98 Å². The SMILES string of the molecule is NCCc1nc2c(NCc3ccc(-c4ccsc4)nc3)nc(N)nc2n1C1CCCC1. The number of nitrogens with zero attached hydrogens (tertiary/aromatic N) is 5. The lowest BCUT2D eigenvalue weighted by molar-refractivity contribution is 0.507. The molecule has 9 heteroatoms. The molecule has 31 heavy (non-hydrogen) atoms. The van der Waals surface area contributed by atoms with Crippen LogP contribution in [0.15, 0.2) is 35.2 Å². The lowest BCUT2D eigenvalue weighted by Gasteiger charge is -2.15. The third kappa shape index (κ3) is 3.98. The van der Waals surface area contributed by atoms with Gasteiger partial charge in [-0.25, -0.2) is 4.98 Å². The van der Waals surface area contributed by atoms with Gasteiger partial charge < -0.3 is 21.4 Å². The number of fused-ring (bicyclic) bond motifs is 1. The molecule has 0 bridgehead atoms. The van der Waals surface area contributed by atoms with Crippen molar-refractivity contribution in [3.05, 3.63) is 46.5 Å². The van der Waals surface area contributed by atoms with E-state index in [1.807, 2.05) is 12.3 Å². The molecule has 1 aliphatic rings. The van der Waals surface area contributed by atoms with Crippen molar-refractivity contribution in [1.82, 2.24) is 24.5 Å². The minimum absolute atomic E-state index is 0.249. The number of imidazole rings is 1. The topological polar surface area (TPSA) is 121 Å². The molecule has 0 aliphatic heterocycles. The van der Waals surface area contributed by atoms with Crippen LogP contribution in [0, 0.1) is 0 Å². The van der Waals surface area contributed by atoms with E-state index in [9.17, 15) is 0 Å². The molecular weight excluding hydrogens is 408 g/mol. The minimum Gasteiger partial charge on any atom is -0.368 e. The number of thiophene rings is 1. The van der Waals surface area contributed by atoms with Gasteiger partial charge in [0.2, 0.25) is 5.95 Å². The van der Waals surface area contributed by atoms with E-state index < -0.39 is 0 Å². The number of hydrogen-bond donors (Lipinski definition) is 3. The van der Waals surface area contributed by atoms with Crippen LogP contribution in [0.25, 0.3) is 22.4 Å². The van der Waals surface area contributed by atoms with E-state index in [0.717, 1.165) is 46.7 Å². The van der Waals surface area contributed by atoms with Crippen molar-refractivity contribution in [2.24, 2.45) is 5.73 Å². The standard InChI is InChI=1S/C22H26N8S/c23-9-7-18-27-19-20(28-22(24)29-21(19)30(18)16-3-1-2-4-16)26-12-14-5-6-17(25-11-14)15-8-10-31-13-15/h5-6,8,10-11,13,16H,1-4,7,9,12,23H2,(H3,24,26,28,29). The van der Waals surface area contributed by atoms with Crippen molar-refractivity contribution in [3.63, 3.8) is 0 Å². The van der Waals surface area contributed by atoms with E-state index in [-0.39, 0.29) is 5.95 Å². The van der Waals surface area contributed by atoms with Gasteiger partial charge >= 0.3 is 0 Å². The highest BCUT2D eigenvalue weighted by molar-refractivity contribution is 7.08. The summed E-state index contributed by atoms with van der Waals surface area (Å²) < 4.78 is 2.25. The fourth-order valence-electron chi connectivity index (χ4n) is 4.31. The molecule has 0 spiro atoms. The Morgan fingerprint density at radius 2 is 2.00 bits per heavy atom. The third-order valence-electron chi connectivity index (χ3n) is 5.79. The highest BCUT2D eigenvalue weighted by Crippen LogP contribution is 2.34. The van der Waals surface area contributed by atoms with Crippen molar-refractivity contribution < 1.29 is 0 Å². The molecule has 4 heterocycles. The van der Waals surface area contributed by atoms with Gasteiger partial charge in [-0.1, -0.05) is 18.9 Å². The lowest BCUT2D eigenvalue weighted by atomic mass is 10.2. The van der Waals surface area contributed by atoms with E-state index in [1.54, 1.807) is 11.3 Å². The minimum atomic E-state index is 0.249. The number of rotatable bonds is 7. The average Bonchev–Trinajstić information content (AvgIpc) is 3.53. The van der Waals surface area contributed by atoms with Crippen molar-refractivity contribution in [3.8, 4) is 11.3 Å². The molecule has 1 fully saturated rings. The summed E-state index contributed by atoms with van der Waals surface area (Å²) in [5.41, 5.74) is 16.7. The Kier molecular flexibility index (Phi) is 5.52. The van der Waals surface area contributed by atoms with Crippen molar-refractivity contribution >= 4 is 34.3 Å². The number of hydrogen-bond acceptors (Lipinski definition) is 8. The molecule has 0 radical (unpaired) electrons. The predicted octanol–water partition coefficient (Wildman–Crippen LogP) is 3.76.